The van der Waals surface area contributed by atoms with Gasteiger partial charge in [0.25, 0.3) is 10.0 Å². The Morgan fingerprint density at radius 2 is 1.96 bits per heavy atom. The molecule has 3 rings (SSSR count). The van der Waals surface area contributed by atoms with Crippen LogP contribution in [0, 0.1) is 0 Å². The maximum Gasteiger partial charge on any atom is 0.396 e. The van der Waals surface area contributed by atoms with E-state index in [9.17, 15) is 23.1 Å². The fourth-order valence-corrected chi connectivity index (χ4v) is 3.78. The third kappa shape index (κ3) is 2.96. The van der Waals surface area contributed by atoms with E-state index < -0.39 is 32.2 Å². The van der Waals surface area contributed by atoms with Gasteiger partial charge in [-0.3, -0.25) is 4.72 Å². The standard InChI is InChI=1S/C14H9NO7S2/c16-10-3-2-8(6-9(10)13(17)18)24(20,21)15-7-1-4-11-12(5-7)23-14(19)22-11/h1-6,15-16H,(H,17,18)/p-1. The van der Waals surface area contributed by atoms with Crippen molar-refractivity contribution < 1.29 is 27.8 Å². The van der Waals surface area contributed by atoms with Crippen LogP contribution in [0.15, 0.2) is 50.5 Å². The quantitative estimate of drug-likeness (QED) is 0.712. The van der Waals surface area contributed by atoms with Crippen LogP contribution in [-0.4, -0.2) is 19.5 Å². The number of fused-ring (bicyclic) bond motifs is 1. The molecule has 0 saturated carbocycles. The molecule has 0 aliphatic carbocycles. The van der Waals surface area contributed by atoms with Gasteiger partial charge in [0.1, 0.15) is 5.58 Å². The molecule has 0 unspecified atom stereocenters. The Labute approximate surface area is 138 Å². The molecule has 24 heavy (non-hydrogen) atoms. The molecule has 0 fully saturated rings. The zero-order chi connectivity index (χ0) is 17.5. The number of anilines is 1. The van der Waals surface area contributed by atoms with E-state index in [1.165, 1.54) is 18.2 Å². The van der Waals surface area contributed by atoms with Crippen LogP contribution in [0.1, 0.15) is 10.4 Å². The van der Waals surface area contributed by atoms with Crippen LogP contribution < -0.4 is 14.8 Å². The highest BCUT2D eigenvalue weighted by atomic mass is 32.2. The lowest BCUT2D eigenvalue weighted by atomic mass is 10.2. The van der Waals surface area contributed by atoms with Crippen molar-refractivity contribution in [3.8, 4) is 5.75 Å². The molecule has 2 N–H and O–H groups in total. The molecule has 0 saturated heterocycles. The number of hydrogen-bond donors (Lipinski definition) is 2. The maximum atomic E-state index is 12.3. The Balaban J connectivity index is 1.99. The van der Waals surface area contributed by atoms with Gasteiger partial charge in [-0.25, -0.2) is 18.0 Å². The van der Waals surface area contributed by atoms with Gasteiger partial charge in [0.05, 0.1) is 20.8 Å². The molecule has 0 spiro atoms. The number of sulfonamides is 1. The van der Waals surface area contributed by atoms with E-state index in [-0.39, 0.29) is 10.6 Å². The lowest BCUT2D eigenvalue weighted by Crippen LogP contribution is -2.14. The minimum atomic E-state index is -4.10. The average Bonchev–Trinajstić information content (AvgIpc) is 2.86. The molecule has 8 nitrogen and oxygen atoms in total. The van der Waals surface area contributed by atoms with Gasteiger partial charge in [0.15, 0.2) is 0 Å². The van der Waals surface area contributed by atoms with Crippen molar-refractivity contribution in [3.63, 3.8) is 0 Å². The molecular formula is C14H8NO7S2-. The van der Waals surface area contributed by atoms with E-state index in [4.69, 9.17) is 9.52 Å². The van der Waals surface area contributed by atoms with Crippen LogP contribution in [0.2, 0.25) is 0 Å². The van der Waals surface area contributed by atoms with Crippen molar-refractivity contribution in [1.29, 1.82) is 0 Å². The first-order valence-electron chi connectivity index (χ1n) is 6.37. The summed E-state index contributed by atoms with van der Waals surface area (Å²) in [6.07, 6.45) is 0. The SMILES string of the molecule is O=C(O)c1cc(S(=O)(=O)Nc2ccc3oc(=O)sc3c2)ccc1[O-]. The summed E-state index contributed by atoms with van der Waals surface area (Å²) in [7, 11) is -4.10. The molecule has 0 bridgehead atoms. The predicted octanol–water partition coefficient (Wildman–Crippen LogP) is 1.43. The van der Waals surface area contributed by atoms with E-state index in [1.54, 1.807) is 0 Å². The number of nitrogens with one attached hydrogen (secondary N) is 1. The Bertz CT molecular complexity index is 1110. The number of carboxylic acid groups (broad SMARTS) is 1. The highest BCUT2D eigenvalue weighted by Crippen LogP contribution is 2.25. The monoisotopic (exact) mass is 366 g/mol. The fraction of sp³-hybridized carbons (Fsp3) is 0. The molecule has 1 aromatic heterocycles. The predicted molar refractivity (Wildman–Crippen MR) is 84.0 cm³/mol. The van der Waals surface area contributed by atoms with Crippen LogP contribution in [0.5, 0.6) is 5.75 Å². The highest BCUT2D eigenvalue weighted by Gasteiger charge is 2.17. The zero-order valence-corrected chi connectivity index (χ0v) is 13.3. The van der Waals surface area contributed by atoms with Gasteiger partial charge >= 0.3 is 10.9 Å². The van der Waals surface area contributed by atoms with Gasteiger partial charge in [-0.05, 0) is 30.3 Å². The third-order valence-corrected chi connectivity index (χ3v) is 5.24. The van der Waals surface area contributed by atoms with Crippen LogP contribution >= 0.6 is 11.3 Å². The summed E-state index contributed by atoms with van der Waals surface area (Å²) in [5, 5.41) is 20.3. The summed E-state index contributed by atoms with van der Waals surface area (Å²) in [6.45, 7) is 0. The third-order valence-electron chi connectivity index (χ3n) is 3.07. The lowest BCUT2D eigenvalue weighted by Gasteiger charge is -2.13. The summed E-state index contributed by atoms with van der Waals surface area (Å²) in [4.78, 5) is 21.2. The fourth-order valence-electron chi connectivity index (χ4n) is 1.99. The second-order valence-corrected chi connectivity index (χ2v) is 7.34. The van der Waals surface area contributed by atoms with Gasteiger partial charge in [-0.15, -0.1) is 0 Å². The topological polar surface area (TPSA) is 137 Å². The van der Waals surface area contributed by atoms with Crippen LogP contribution in [0.3, 0.4) is 0 Å². The Hall–Kier alpha value is -2.85. The lowest BCUT2D eigenvalue weighted by molar-refractivity contribution is -0.268. The van der Waals surface area contributed by atoms with Crippen molar-refractivity contribution in [2.75, 3.05) is 4.72 Å². The molecule has 0 amide bonds. The number of aromatic carboxylic acids is 1. The maximum absolute atomic E-state index is 12.3. The van der Waals surface area contributed by atoms with E-state index in [1.807, 2.05) is 0 Å². The molecule has 124 valence electrons. The molecule has 2 aromatic carbocycles. The van der Waals surface area contributed by atoms with Gasteiger partial charge in [0.2, 0.25) is 0 Å². The summed E-state index contributed by atoms with van der Waals surface area (Å²) in [6, 6.07) is 6.95. The second kappa shape index (κ2) is 5.65. The van der Waals surface area contributed by atoms with E-state index in [2.05, 4.69) is 4.72 Å². The van der Waals surface area contributed by atoms with E-state index >= 15 is 0 Å². The highest BCUT2D eigenvalue weighted by molar-refractivity contribution is 7.92. The summed E-state index contributed by atoms with van der Waals surface area (Å²) >= 11 is 0.820. The summed E-state index contributed by atoms with van der Waals surface area (Å²) in [5.41, 5.74) is -0.138. The summed E-state index contributed by atoms with van der Waals surface area (Å²) < 4.78 is 32.3. The number of carboxylic acids is 1. The Morgan fingerprint density at radius 1 is 1.21 bits per heavy atom. The first kappa shape index (κ1) is 16.0. The largest absolute Gasteiger partial charge is 0.872 e. The van der Waals surface area contributed by atoms with Crippen LogP contribution in [-0.2, 0) is 10.0 Å². The first-order chi connectivity index (χ1) is 11.3. The van der Waals surface area contributed by atoms with Crippen LogP contribution in [0.25, 0.3) is 10.3 Å². The molecule has 1 heterocycles. The van der Waals surface area contributed by atoms with Gasteiger partial charge in [-0.2, -0.15) is 0 Å². The molecule has 0 radical (unpaired) electrons. The first-order valence-corrected chi connectivity index (χ1v) is 8.67. The number of rotatable bonds is 4. The zero-order valence-electron chi connectivity index (χ0n) is 11.7. The van der Waals surface area contributed by atoms with Crippen molar-refractivity contribution in [2.24, 2.45) is 0 Å². The average molecular weight is 366 g/mol. The van der Waals surface area contributed by atoms with Gasteiger partial charge in [-0.1, -0.05) is 23.2 Å². The number of hydrogen-bond acceptors (Lipinski definition) is 7. The molecule has 0 atom stereocenters. The smallest absolute Gasteiger partial charge is 0.396 e. The Morgan fingerprint density at radius 3 is 2.67 bits per heavy atom. The van der Waals surface area contributed by atoms with E-state index in [0.29, 0.717) is 10.3 Å². The molecule has 10 heteroatoms. The number of carbonyl (C=O) groups is 1. The second-order valence-electron chi connectivity index (χ2n) is 4.68. The minimum absolute atomic E-state index is 0.169. The Kier molecular flexibility index (Phi) is 3.78. The number of benzene rings is 2. The minimum Gasteiger partial charge on any atom is -0.872 e. The molecule has 0 aliphatic rings. The molecular weight excluding hydrogens is 358 g/mol. The van der Waals surface area contributed by atoms with Crippen molar-refractivity contribution in [2.45, 2.75) is 4.90 Å². The van der Waals surface area contributed by atoms with Crippen LogP contribution in [0.4, 0.5) is 5.69 Å². The van der Waals surface area contributed by atoms with Crippen molar-refractivity contribution >= 4 is 43.3 Å². The molecule has 3 aromatic rings. The van der Waals surface area contributed by atoms with Crippen molar-refractivity contribution in [1.82, 2.24) is 0 Å². The molecule has 0 aliphatic heterocycles. The van der Waals surface area contributed by atoms with E-state index in [0.717, 1.165) is 29.5 Å². The normalized spacial score (nSPS) is 11.5. The summed E-state index contributed by atoms with van der Waals surface area (Å²) in [5.74, 6) is -2.30. The van der Waals surface area contributed by atoms with Gasteiger partial charge in [0, 0.05) is 0 Å². The van der Waals surface area contributed by atoms with Crippen molar-refractivity contribution in [3.05, 3.63) is 51.7 Å². The van der Waals surface area contributed by atoms with Gasteiger partial charge < -0.3 is 14.6 Å².